The molecular formula is C15H20BrClO2. The number of rotatable bonds is 4. The molecule has 1 fully saturated rings. The average molecular weight is 348 g/mol. The summed E-state index contributed by atoms with van der Waals surface area (Å²) in [7, 11) is 1.65. The van der Waals surface area contributed by atoms with Crippen molar-refractivity contribution in [2.24, 2.45) is 5.92 Å². The largest absolute Gasteiger partial charge is 0.493 e. The summed E-state index contributed by atoms with van der Waals surface area (Å²) in [5.41, 5.74) is 1.04. The molecule has 0 radical (unpaired) electrons. The molecule has 2 rings (SSSR count). The van der Waals surface area contributed by atoms with Gasteiger partial charge in [-0.05, 0) is 37.7 Å². The van der Waals surface area contributed by atoms with E-state index in [0.29, 0.717) is 16.5 Å². The van der Waals surface area contributed by atoms with Crippen molar-refractivity contribution >= 4 is 27.5 Å². The third-order valence-corrected chi connectivity index (χ3v) is 4.53. The van der Waals surface area contributed by atoms with Gasteiger partial charge in [0.05, 0.1) is 13.2 Å². The zero-order valence-electron chi connectivity index (χ0n) is 11.4. The van der Waals surface area contributed by atoms with E-state index in [-0.39, 0.29) is 0 Å². The van der Waals surface area contributed by atoms with Crippen molar-refractivity contribution in [3.05, 3.63) is 22.7 Å². The predicted molar refractivity (Wildman–Crippen MR) is 82.7 cm³/mol. The first-order valence-electron chi connectivity index (χ1n) is 6.73. The Morgan fingerprint density at radius 1 is 1.26 bits per heavy atom. The molecule has 0 bridgehead atoms. The van der Waals surface area contributed by atoms with E-state index in [2.05, 4.69) is 22.9 Å². The lowest BCUT2D eigenvalue weighted by Crippen LogP contribution is -2.23. The maximum Gasteiger partial charge on any atom is 0.165 e. The summed E-state index contributed by atoms with van der Waals surface area (Å²) in [6.07, 6.45) is 5.02. The number of alkyl halides is 1. The van der Waals surface area contributed by atoms with Gasteiger partial charge in [0.15, 0.2) is 11.5 Å². The Hall–Kier alpha value is -0.410. The normalized spacial score (nSPS) is 23.2. The lowest BCUT2D eigenvalue weighted by Gasteiger charge is -2.28. The van der Waals surface area contributed by atoms with E-state index in [9.17, 15) is 0 Å². The topological polar surface area (TPSA) is 18.5 Å². The summed E-state index contributed by atoms with van der Waals surface area (Å²) in [4.78, 5) is 0. The van der Waals surface area contributed by atoms with Gasteiger partial charge in [-0.25, -0.2) is 0 Å². The van der Waals surface area contributed by atoms with Gasteiger partial charge in [0.25, 0.3) is 0 Å². The zero-order chi connectivity index (χ0) is 13.8. The fourth-order valence-electron chi connectivity index (χ4n) is 2.52. The number of hydrogen-bond donors (Lipinski definition) is 0. The van der Waals surface area contributed by atoms with Crippen LogP contribution in [0.4, 0.5) is 0 Å². The number of hydrogen-bond acceptors (Lipinski definition) is 2. The fourth-order valence-corrected chi connectivity index (χ4v) is 3.17. The highest BCUT2D eigenvalue weighted by atomic mass is 79.9. The molecule has 1 aliphatic carbocycles. The molecule has 0 heterocycles. The van der Waals surface area contributed by atoms with Crippen LogP contribution in [0.5, 0.6) is 11.5 Å². The van der Waals surface area contributed by atoms with Gasteiger partial charge >= 0.3 is 0 Å². The lowest BCUT2D eigenvalue weighted by molar-refractivity contribution is 0.130. The first-order chi connectivity index (χ1) is 9.13. The molecule has 2 nitrogen and oxygen atoms in total. The molecule has 1 aliphatic rings. The van der Waals surface area contributed by atoms with E-state index < -0.39 is 0 Å². The highest BCUT2D eigenvalue weighted by molar-refractivity contribution is 9.08. The Morgan fingerprint density at radius 3 is 2.53 bits per heavy atom. The molecule has 4 heteroatoms. The minimum atomic E-state index is 0.295. The van der Waals surface area contributed by atoms with Crippen molar-refractivity contribution in [2.45, 2.75) is 44.0 Å². The molecule has 0 aliphatic heterocycles. The van der Waals surface area contributed by atoms with Crippen molar-refractivity contribution in [2.75, 3.05) is 7.11 Å². The van der Waals surface area contributed by atoms with Gasteiger partial charge in [0.2, 0.25) is 0 Å². The molecule has 1 saturated carbocycles. The summed E-state index contributed by atoms with van der Waals surface area (Å²) in [5.74, 6) is 2.38. The van der Waals surface area contributed by atoms with E-state index in [1.165, 1.54) is 12.8 Å². The first-order valence-corrected chi connectivity index (χ1v) is 8.23. The van der Waals surface area contributed by atoms with Crippen LogP contribution in [-0.4, -0.2) is 13.2 Å². The van der Waals surface area contributed by atoms with Gasteiger partial charge in [-0.1, -0.05) is 34.5 Å². The molecule has 1 aromatic carbocycles. The smallest absolute Gasteiger partial charge is 0.165 e. The van der Waals surface area contributed by atoms with Crippen molar-refractivity contribution in [1.82, 2.24) is 0 Å². The molecule has 0 saturated heterocycles. The number of benzene rings is 1. The van der Waals surface area contributed by atoms with Crippen LogP contribution in [0, 0.1) is 5.92 Å². The van der Waals surface area contributed by atoms with Crippen molar-refractivity contribution in [3.8, 4) is 11.5 Å². The second-order valence-electron chi connectivity index (χ2n) is 5.23. The minimum Gasteiger partial charge on any atom is -0.493 e. The molecule has 0 N–H and O–H groups in total. The minimum absolute atomic E-state index is 0.295. The first kappa shape index (κ1) is 15.0. The standard InChI is InChI=1S/C15H20BrClO2/c1-10-3-5-13(6-4-10)19-15-11(9-16)7-12(17)8-14(15)18-2/h7-8,10,13H,3-6,9H2,1-2H3. The van der Waals surface area contributed by atoms with Crippen LogP contribution < -0.4 is 9.47 Å². The highest BCUT2D eigenvalue weighted by Gasteiger charge is 2.22. The molecule has 1 aromatic rings. The van der Waals surface area contributed by atoms with Gasteiger partial charge in [-0.2, -0.15) is 0 Å². The van der Waals surface area contributed by atoms with E-state index in [1.807, 2.05) is 12.1 Å². The van der Waals surface area contributed by atoms with Gasteiger partial charge in [-0.15, -0.1) is 0 Å². The number of ether oxygens (including phenoxy) is 2. The van der Waals surface area contributed by atoms with Crippen molar-refractivity contribution in [1.29, 1.82) is 0 Å². The Labute approximate surface area is 128 Å². The van der Waals surface area contributed by atoms with Gasteiger partial charge in [-0.3, -0.25) is 0 Å². The Bertz CT molecular complexity index is 403. The number of halogens is 2. The van der Waals surface area contributed by atoms with Crippen LogP contribution in [-0.2, 0) is 5.33 Å². The van der Waals surface area contributed by atoms with E-state index in [1.54, 1.807) is 7.11 Å². The molecule has 0 amide bonds. The van der Waals surface area contributed by atoms with Crippen LogP contribution in [0.1, 0.15) is 38.2 Å². The maximum atomic E-state index is 6.19. The molecule has 0 unspecified atom stereocenters. The zero-order valence-corrected chi connectivity index (χ0v) is 13.8. The molecular weight excluding hydrogens is 328 g/mol. The van der Waals surface area contributed by atoms with E-state index in [0.717, 1.165) is 35.8 Å². The molecule has 0 spiro atoms. The molecule has 0 atom stereocenters. The fraction of sp³-hybridized carbons (Fsp3) is 0.600. The second kappa shape index (κ2) is 6.85. The lowest BCUT2D eigenvalue weighted by atomic mass is 9.89. The third kappa shape index (κ3) is 3.79. The second-order valence-corrected chi connectivity index (χ2v) is 6.23. The highest BCUT2D eigenvalue weighted by Crippen LogP contribution is 2.38. The van der Waals surface area contributed by atoms with Crippen molar-refractivity contribution < 1.29 is 9.47 Å². The van der Waals surface area contributed by atoms with Crippen LogP contribution in [0.3, 0.4) is 0 Å². The Kier molecular flexibility index (Phi) is 5.40. The van der Waals surface area contributed by atoms with E-state index in [4.69, 9.17) is 21.1 Å². The van der Waals surface area contributed by atoms with Crippen LogP contribution in [0.2, 0.25) is 5.02 Å². The van der Waals surface area contributed by atoms with Crippen molar-refractivity contribution in [3.63, 3.8) is 0 Å². The average Bonchev–Trinajstić information content (AvgIpc) is 2.42. The third-order valence-electron chi connectivity index (χ3n) is 3.71. The van der Waals surface area contributed by atoms with E-state index >= 15 is 0 Å². The molecule has 0 aromatic heterocycles. The van der Waals surface area contributed by atoms with Gasteiger partial charge in [0.1, 0.15) is 0 Å². The maximum absolute atomic E-state index is 6.19. The van der Waals surface area contributed by atoms with Gasteiger partial charge in [0, 0.05) is 22.0 Å². The summed E-state index contributed by atoms with van der Waals surface area (Å²) in [6, 6.07) is 3.74. The Morgan fingerprint density at radius 2 is 1.95 bits per heavy atom. The monoisotopic (exact) mass is 346 g/mol. The summed E-state index contributed by atoms with van der Waals surface area (Å²) in [6.45, 7) is 2.31. The Balaban J connectivity index is 2.18. The van der Waals surface area contributed by atoms with Crippen LogP contribution in [0.25, 0.3) is 0 Å². The predicted octanol–water partition coefficient (Wildman–Crippen LogP) is 5.20. The summed E-state index contributed by atoms with van der Waals surface area (Å²) < 4.78 is 11.6. The van der Waals surface area contributed by atoms with Crippen LogP contribution >= 0.6 is 27.5 Å². The summed E-state index contributed by atoms with van der Waals surface area (Å²) >= 11 is 9.57. The SMILES string of the molecule is COc1cc(Cl)cc(CBr)c1OC1CCC(C)CC1. The van der Waals surface area contributed by atoms with Crippen LogP contribution in [0.15, 0.2) is 12.1 Å². The summed E-state index contributed by atoms with van der Waals surface area (Å²) in [5, 5.41) is 1.39. The quantitative estimate of drug-likeness (QED) is 0.697. The molecule has 106 valence electrons. The molecule has 19 heavy (non-hydrogen) atoms. The number of methoxy groups -OCH3 is 1. The van der Waals surface area contributed by atoms with Gasteiger partial charge < -0.3 is 9.47 Å².